The van der Waals surface area contributed by atoms with Crippen LogP contribution in [0.1, 0.15) is 59.1 Å². The average Bonchev–Trinajstić information content (AvgIpc) is 2.61. The van der Waals surface area contributed by atoms with Crippen molar-refractivity contribution >= 4 is 12.0 Å². The first-order valence-electron chi connectivity index (χ1n) is 9.82. The van der Waals surface area contributed by atoms with Crippen molar-refractivity contribution in [2.24, 2.45) is 0 Å². The fourth-order valence-electron chi connectivity index (χ4n) is 3.11. The van der Waals surface area contributed by atoms with Crippen LogP contribution in [0.4, 0.5) is 4.79 Å². The van der Waals surface area contributed by atoms with Crippen LogP contribution >= 0.6 is 0 Å². The van der Waals surface area contributed by atoms with Crippen molar-refractivity contribution in [1.29, 1.82) is 0 Å². The maximum atomic E-state index is 12.9. The Labute approximate surface area is 166 Å². The van der Waals surface area contributed by atoms with Gasteiger partial charge in [-0.15, -0.1) is 0 Å². The van der Waals surface area contributed by atoms with Crippen LogP contribution in [0.2, 0.25) is 0 Å². The van der Waals surface area contributed by atoms with Gasteiger partial charge in [0.15, 0.2) is 0 Å². The number of rotatable bonds is 9. The summed E-state index contributed by atoms with van der Waals surface area (Å²) >= 11 is 0. The molecule has 0 aliphatic carbocycles. The molecular weight excluding hydrogens is 360 g/mol. The van der Waals surface area contributed by atoms with E-state index in [-0.39, 0.29) is 12.1 Å². The van der Waals surface area contributed by atoms with Crippen molar-refractivity contribution in [2.45, 2.75) is 59.6 Å². The molecule has 7 nitrogen and oxygen atoms in total. The monoisotopic (exact) mass is 390 g/mol. The second-order valence-corrected chi connectivity index (χ2v) is 6.69. The van der Waals surface area contributed by atoms with Gasteiger partial charge in [-0.2, -0.15) is 0 Å². The third-order valence-electron chi connectivity index (χ3n) is 4.12. The lowest BCUT2D eigenvalue weighted by atomic mass is 9.93. The summed E-state index contributed by atoms with van der Waals surface area (Å²) in [6.07, 6.45) is 1.07. The zero-order valence-corrected chi connectivity index (χ0v) is 17.3. The summed E-state index contributed by atoms with van der Waals surface area (Å²) in [6.45, 7) is 10.3. The Bertz CT molecular complexity index is 742. The Morgan fingerprint density at radius 1 is 1.14 bits per heavy atom. The highest BCUT2D eigenvalue weighted by atomic mass is 16.5. The van der Waals surface area contributed by atoms with Crippen molar-refractivity contribution in [3.05, 3.63) is 35.0 Å². The minimum Gasteiger partial charge on any atom is -0.494 e. The molecule has 0 bridgehead atoms. The summed E-state index contributed by atoms with van der Waals surface area (Å²) in [6, 6.07) is 4.38. The first-order valence-corrected chi connectivity index (χ1v) is 9.82. The van der Waals surface area contributed by atoms with E-state index < -0.39 is 12.0 Å². The third kappa shape index (κ3) is 5.18. The van der Waals surface area contributed by atoms with E-state index in [2.05, 4.69) is 10.6 Å². The minimum atomic E-state index is -0.668. The number of hydrogen-bond donors (Lipinski definition) is 2. The molecule has 1 aliphatic heterocycles. The van der Waals surface area contributed by atoms with Crippen LogP contribution in [0.3, 0.4) is 0 Å². The molecule has 28 heavy (non-hydrogen) atoms. The summed E-state index contributed by atoms with van der Waals surface area (Å²) in [5.74, 6) is 0.776. The van der Waals surface area contributed by atoms with Gasteiger partial charge in [0.05, 0.1) is 30.9 Å². The molecular formula is C21H30N2O5. The van der Waals surface area contributed by atoms with Gasteiger partial charge < -0.3 is 24.8 Å². The van der Waals surface area contributed by atoms with E-state index in [0.717, 1.165) is 6.42 Å². The van der Waals surface area contributed by atoms with Gasteiger partial charge in [0, 0.05) is 17.3 Å². The topological polar surface area (TPSA) is 85.9 Å². The fourth-order valence-corrected chi connectivity index (χ4v) is 3.11. The second kappa shape index (κ2) is 10.0. The van der Waals surface area contributed by atoms with Crippen LogP contribution in [0, 0.1) is 0 Å². The largest absolute Gasteiger partial charge is 0.494 e. The molecule has 0 radical (unpaired) electrons. The number of urea groups is 1. The van der Waals surface area contributed by atoms with Crippen LogP contribution in [0.25, 0.3) is 0 Å². The van der Waals surface area contributed by atoms with Gasteiger partial charge >= 0.3 is 12.0 Å². The van der Waals surface area contributed by atoms with Crippen molar-refractivity contribution in [3.63, 3.8) is 0 Å². The molecule has 2 amide bonds. The summed E-state index contributed by atoms with van der Waals surface area (Å²) in [5, 5.41) is 5.61. The molecule has 1 aromatic rings. The zero-order chi connectivity index (χ0) is 20.7. The highest BCUT2D eigenvalue weighted by Gasteiger charge is 2.35. The van der Waals surface area contributed by atoms with Crippen LogP contribution in [-0.2, 0) is 9.53 Å². The van der Waals surface area contributed by atoms with Crippen LogP contribution in [0.15, 0.2) is 29.5 Å². The number of nitrogens with one attached hydrogen (secondary N) is 2. The number of hydrogen-bond acceptors (Lipinski definition) is 5. The fraction of sp³-hybridized carbons (Fsp3) is 0.524. The third-order valence-corrected chi connectivity index (χ3v) is 4.12. The summed E-state index contributed by atoms with van der Waals surface area (Å²) in [5.41, 5.74) is 1.67. The second-order valence-electron chi connectivity index (χ2n) is 6.69. The first-order chi connectivity index (χ1) is 13.4. The lowest BCUT2D eigenvalue weighted by Gasteiger charge is -2.30. The lowest BCUT2D eigenvalue weighted by molar-refractivity contribution is -0.143. The van der Waals surface area contributed by atoms with Gasteiger partial charge in [-0.3, -0.25) is 0 Å². The molecule has 2 rings (SSSR count). The van der Waals surface area contributed by atoms with E-state index in [1.165, 1.54) is 0 Å². The molecule has 1 unspecified atom stereocenters. The molecule has 154 valence electrons. The first kappa shape index (κ1) is 21.6. The Morgan fingerprint density at radius 3 is 2.46 bits per heavy atom. The molecule has 1 heterocycles. The van der Waals surface area contributed by atoms with Gasteiger partial charge in [-0.25, -0.2) is 9.59 Å². The lowest BCUT2D eigenvalue weighted by Crippen LogP contribution is -2.46. The van der Waals surface area contributed by atoms with E-state index in [1.807, 2.05) is 26.8 Å². The molecule has 0 fully saturated rings. The van der Waals surface area contributed by atoms with Crippen LogP contribution in [-0.4, -0.2) is 31.3 Å². The van der Waals surface area contributed by atoms with Gasteiger partial charge in [-0.05, 0) is 46.2 Å². The van der Waals surface area contributed by atoms with Crippen molar-refractivity contribution < 1.29 is 23.8 Å². The van der Waals surface area contributed by atoms with E-state index in [9.17, 15) is 9.59 Å². The molecule has 7 heteroatoms. The zero-order valence-electron chi connectivity index (χ0n) is 17.3. The summed E-state index contributed by atoms with van der Waals surface area (Å²) in [7, 11) is 0. The maximum Gasteiger partial charge on any atom is 0.338 e. The summed E-state index contributed by atoms with van der Waals surface area (Å²) in [4.78, 5) is 25.2. The predicted octanol–water partition coefficient (Wildman–Crippen LogP) is 3.84. The molecule has 0 spiro atoms. The Hall–Kier alpha value is -2.70. The van der Waals surface area contributed by atoms with Gasteiger partial charge in [0.25, 0.3) is 0 Å². The molecule has 0 aromatic heterocycles. The van der Waals surface area contributed by atoms with Gasteiger partial charge in [-0.1, -0.05) is 13.3 Å². The Balaban J connectivity index is 2.56. The number of esters is 1. The molecule has 0 saturated heterocycles. The van der Waals surface area contributed by atoms with E-state index in [0.29, 0.717) is 48.0 Å². The number of ether oxygens (including phenoxy) is 3. The number of carbonyl (C=O) groups is 2. The van der Waals surface area contributed by atoms with Crippen LogP contribution < -0.4 is 20.1 Å². The smallest absolute Gasteiger partial charge is 0.338 e. The average molecular weight is 390 g/mol. The maximum absolute atomic E-state index is 12.9. The van der Waals surface area contributed by atoms with Crippen molar-refractivity contribution in [1.82, 2.24) is 10.6 Å². The number of allylic oxidation sites excluding steroid dienone is 1. The SMILES string of the molecule is CCCC1=C(C(=O)OC(C)C)C(c2ccc(OCC)cc2OCC)NC(=O)N1. The normalized spacial score (nSPS) is 16.5. The van der Waals surface area contributed by atoms with E-state index in [4.69, 9.17) is 14.2 Å². The minimum absolute atomic E-state index is 0.271. The Morgan fingerprint density at radius 2 is 1.86 bits per heavy atom. The highest BCUT2D eigenvalue weighted by Crippen LogP contribution is 2.37. The van der Waals surface area contributed by atoms with Gasteiger partial charge in [0.2, 0.25) is 0 Å². The number of amides is 2. The molecule has 0 saturated carbocycles. The molecule has 1 aromatic carbocycles. The number of benzene rings is 1. The quantitative estimate of drug-likeness (QED) is 0.626. The number of carbonyl (C=O) groups excluding carboxylic acids is 2. The predicted molar refractivity (Wildman–Crippen MR) is 106 cm³/mol. The standard InChI is InChI=1S/C21H30N2O5/c1-6-9-16-18(20(24)28-13(4)5)19(23-21(25)22-16)15-11-10-14(26-7-2)12-17(15)27-8-3/h10-13,19H,6-9H2,1-5H3,(H2,22,23,25). The Kier molecular flexibility index (Phi) is 7.72. The van der Waals surface area contributed by atoms with Gasteiger partial charge in [0.1, 0.15) is 11.5 Å². The highest BCUT2D eigenvalue weighted by molar-refractivity contribution is 5.95. The van der Waals surface area contributed by atoms with Crippen molar-refractivity contribution in [3.8, 4) is 11.5 Å². The van der Waals surface area contributed by atoms with Crippen LogP contribution in [0.5, 0.6) is 11.5 Å². The molecule has 1 aliphatic rings. The molecule has 1 atom stereocenters. The van der Waals surface area contributed by atoms with Crippen molar-refractivity contribution in [2.75, 3.05) is 13.2 Å². The molecule has 2 N–H and O–H groups in total. The van der Waals surface area contributed by atoms with E-state index >= 15 is 0 Å². The van der Waals surface area contributed by atoms with E-state index in [1.54, 1.807) is 26.0 Å². The summed E-state index contributed by atoms with van der Waals surface area (Å²) < 4.78 is 16.8.